The van der Waals surface area contributed by atoms with E-state index in [9.17, 15) is 4.79 Å². The number of Topliss-reactive ketones (excluding diaryl/α,β-unsaturated/α-hetero) is 1. The molecule has 1 aliphatic carbocycles. The van der Waals surface area contributed by atoms with E-state index in [0.29, 0.717) is 17.9 Å². The van der Waals surface area contributed by atoms with Crippen LogP contribution >= 0.6 is 11.6 Å². The van der Waals surface area contributed by atoms with Crippen molar-refractivity contribution in [3.05, 3.63) is 34.9 Å². The third-order valence-corrected chi connectivity index (χ3v) is 2.70. The van der Waals surface area contributed by atoms with Crippen LogP contribution in [0.2, 0.25) is 5.02 Å². The van der Waals surface area contributed by atoms with E-state index in [0.717, 1.165) is 5.56 Å². The largest absolute Gasteiger partial charge is 0.321 e. The number of nitrogens with two attached hydrogens (primary N) is 1. The van der Waals surface area contributed by atoms with Crippen LogP contribution in [0.15, 0.2) is 24.3 Å². The second kappa shape index (κ2) is 2.82. The maximum atomic E-state index is 10.8. The number of carbonyl (C=O) groups excluding carboxylic acids is 1. The molecule has 0 unspecified atom stereocenters. The van der Waals surface area contributed by atoms with Gasteiger partial charge >= 0.3 is 0 Å². The SMILES string of the molecule is NC1(c2ccc(Cl)cc2)CC(=O)C1. The van der Waals surface area contributed by atoms with Gasteiger partial charge in [-0.15, -0.1) is 0 Å². The molecular weight excluding hydrogens is 186 g/mol. The fraction of sp³-hybridized carbons (Fsp3) is 0.300. The Morgan fingerprint density at radius 1 is 1.23 bits per heavy atom. The topological polar surface area (TPSA) is 43.1 Å². The summed E-state index contributed by atoms with van der Waals surface area (Å²) in [4.78, 5) is 10.8. The van der Waals surface area contributed by atoms with E-state index >= 15 is 0 Å². The summed E-state index contributed by atoms with van der Waals surface area (Å²) in [5, 5.41) is 0.693. The molecule has 1 fully saturated rings. The van der Waals surface area contributed by atoms with Gasteiger partial charge in [0.2, 0.25) is 0 Å². The minimum atomic E-state index is -0.429. The molecule has 0 radical (unpaired) electrons. The summed E-state index contributed by atoms with van der Waals surface area (Å²) in [5.41, 5.74) is 6.57. The molecule has 2 rings (SSSR count). The van der Waals surface area contributed by atoms with Crippen LogP contribution < -0.4 is 5.73 Å². The van der Waals surface area contributed by atoms with Gasteiger partial charge in [-0.25, -0.2) is 0 Å². The molecule has 2 nitrogen and oxygen atoms in total. The number of hydrogen-bond acceptors (Lipinski definition) is 2. The van der Waals surface area contributed by atoms with E-state index in [-0.39, 0.29) is 5.78 Å². The van der Waals surface area contributed by atoms with Gasteiger partial charge in [-0.3, -0.25) is 4.79 Å². The Bertz CT molecular complexity index is 336. The summed E-state index contributed by atoms with van der Waals surface area (Å²) in [6.07, 6.45) is 0.906. The maximum absolute atomic E-state index is 10.8. The first-order valence-corrected chi connectivity index (χ1v) is 4.55. The van der Waals surface area contributed by atoms with Crippen LogP contribution in [0.25, 0.3) is 0 Å². The van der Waals surface area contributed by atoms with Crippen LogP contribution in [0.1, 0.15) is 18.4 Å². The minimum Gasteiger partial charge on any atom is -0.321 e. The number of benzene rings is 1. The summed E-state index contributed by atoms with van der Waals surface area (Å²) in [6, 6.07) is 7.37. The third kappa shape index (κ3) is 1.47. The molecular formula is C10H10ClNO. The summed E-state index contributed by atoms with van der Waals surface area (Å²) in [6.45, 7) is 0. The number of rotatable bonds is 1. The number of carbonyl (C=O) groups is 1. The van der Waals surface area contributed by atoms with Crippen LogP contribution in [0.4, 0.5) is 0 Å². The molecule has 2 N–H and O–H groups in total. The van der Waals surface area contributed by atoms with Crippen LogP contribution in [0.5, 0.6) is 0 Å². The molecule has 3 heteroatoms. The Balaban J connectivity index is 2.26. The van der Waals surface area contributed by atoms with Gasteiger partial charge in [-0.05, 0) is 17.7 Å². The number of hydrogen-bond donors (Lipinski definition) is 1. The molecule has 0 heterocycles. The van der Waals surface area contributed by atoms with E-state index in [2.05, 4.69) is 0 Å². The van der Waals surface area contributed by atoms with Crippen molar-refractivity contribution >= 4 is 17.4 Å². The smallest absolute Gasteiger partial charge is 0.137 e. The van der Waals surface area contributed by atoms with E-state index < -0.39 is 5.54 Å². The van der Waals surface area contributed by atoms with Crippen molar-refractivity contribution in [1.29, 1.82) is 0 Å². The van der Waals surface area contributed by atoms with Crippen molar-refractivity contribution in [1.82, 2.24) is 0 Å². The van der Waals surface area contributed by atoms with Crippen LogP contribution in [0, 0.1) is 0 Å². The molecule has 0 saturated heterocycles. The predicted molar refractivity (Wildman–Crippen MR) is 51.6 cm³/mol. The lowest BCUT2D eigenvalue weighted by Crippen LogP contribution is -2.49. The van der Waals surface area contributed by atoms with Gasteiger partial charge in [0.1, 0.15) is 5.78 Å². The first kappa shape index (κ1) is 8.73. The lowest BCUT2D eigenvalue weighted by molar-refractivity contribution is -0.128. The molecule has 0 spiro atoms. The van der Waals surface area contributed by atoms with Crippen LogP contribution in [-0.4, -0.2) is 5.78 Å². The van der Waals surface area contributed by atoms with Crippen molar-refractivity contribution in [2.75, 3.05) is 0 Å². The van der Waals surface area contributed by atoms with Gasteiger partial charge in [0.15, 0.2) is 0 Å². The molecule has 1 aliphatic rings. The van der Waals surface area contributed by atoms with Gasteiger partial charge in [-0.2, -0.15) is 0 Å². The van der Waals surface area contributed by atoms with Crippen molar-refractivity contribution in [3.8, 4) is 0 Å². The van der Waals surface area contributed by atoms with Gasteiger partial charge in [0.05, 0.1) is 5.54 Å². The Kier molecular flexibility index (Phi) is 1.90. The number of halogens is 1. The molecule has 0 atom stereocenters. The Hall–Kier alpha value is -0.860. The molecule has 1 aromatic rings. The highest BCUT2D eigenvalue weighted by atomic mass is 35.5. The second-order valence-corrected chi connectivity index (χ2v) is 3.99. The molecule has 68 valence electrons. The minimum absolute atomic E-state index is 0.234. The van der Waals surface area contributed by atoms with Gasteiger partial charge in [0, 0.05) is 17.9 Å². The van der Waals surface area contributed by atoms with Crippen molar-refractivity contribution in [2.24, 2.45) is 5.73 Å². The van der Waals surface area contributed by atoms with Crippen LogP contribution in [0.3, 0.4) is 0 Å². The second-order valence-electron chi connectivity index (χ2n) is 3.56. The fourth-order valence-corrected chi connectivity index (χ4v) is 1.76. The van der Waals surface area contributed by atoms with Gasteiger partial charge in [0.25, 0.3) is 0 Å². The highest BCUT2D eigenvalue weighted by Crippen LogP contribution is 2.36. The monoisotopic (exact) mass is 195 g/mol. The normalized spacial score (nSPS) is 19.7. The fourth-order valence-electron chi connectivity index (χ4n) is 1.64. The maximum Gasteiger partial charge on any atom is 0.137 e. The van der Waals surface area contributed by atoms with Gasteiger partial charge in [-0.1, -0.05) is 23.7 Å². The Morgan fingerprint density at radius 2 is 1.77 bits per heavy atom. The van der Waals surface area contributed by atoms with Crippen molar-refractivity contribution in [3.63, 3.8) is 0 Å². The molecule has 0 bridgehead atoms. The van der Waals surface area contributed by atoms with E-state index in [1.54, 1.807) is 12.1 Å². The highest BCUT2D eigenvalue weighted by Gasteiger charge is 2.41. The molecule has 1 aromatic carbocycles. The zero-order valence-corrected chi connectivity index (χ0v) is 7.84. The van der Waals surface area contributed by atoms with Crippen LogP contribution in [-0.2, 0) is 10.3 Å². The zero-order valence-electron chi connectivity index (χ0n) is 7.09. The summed E-state index contributed by atoms with van der Waals surface area (Å²) < 4.78 is 0. The number of ketones is 1. The average Bonchev–Trinajstić information content (AvgIpc) is 2.03. The van der Waals surface area contributed by atoms with E-state index in [4.69, 9.17) is 17.3 Å². The summed E-state index contributed by atoms with van der Waals surface area (Å²) >= 11 is 5.74. The molecule has 0 aromatic heterocycles. The third-order valence-electron chi connectivity index (χ3n) is 2.44. The lowest BCUT2D eigenvalue weighted by atomic mass is 9.72. The quantitative estimate of drug-likeness (QED) is 0.744. The Labute approximate surface area is 81.7 Å². The molecule has 1 saturated carbocycles. The summed E-state index contributed by atoms with van der Waals surface area (Å²) in [5.74, 6) is 0.234. The lowest BCUT2D eigenvalue weighted by Gasteiger charge is -2.37. The first-order valence-electron chi connectivity index (χ1n) is 4.17. The molecule has 13 heavy (non-hydrogen) atoms. The predicted octanol–water partition coefficient (Wildman–Crippen LogP) is 1.86. The van der Waals surface area contributed by atoms with E-state index in [1.807, 2.05) is 12.1 Å². The standard InChI is InChI=1S/C10H10ClNO/c11-8-3-1-7(2-4-8)10(12)5-9(13)6-10/h1-4H,5-6,12H2. The average molecular weight is 196 g/mol. The highest BCUT2D eigenvalue weighted by molar-refractivity contribution is 6.30. The molecule has 0 amide bonds. The van der Waals surface area contributed by atoms with Gasteiger partial charge < -0.3 is 5.73 Å². The first-order chi connectivity index (χ1) is 6.10. The Morgan fingerprint density at radius 3 is 2.23 bits per heavy atom. The van der Waals surface area contributed by atoms with Crippen molar-refractivity contribution < 1.29 is 4.79 Å². The molecule has 0 aliphatic heterocycles. The summed E-state index contributed by atoms with van der Waals surface area (Å²) in [7, 11) is 0. The van der Waals surface area contributed by atoms with Crippen molar-refractivity contribution in [2.45, 2.75) is 18.4 Å². The zero-order chi connectivity index (χ0) is 9.47. The van der Waals surface area contributed by atoms with E-state index in [1.165, 1.54) is 0 Å².